The zero-order valence-corrected chi connectivity index (χ0v) is 15.8. The molecule has 0 aromatic carbocycles. The third-order valence-corrected chi connectivity index (χ3v) is 6.07. The molecule has 0 bridgehead atoms. The largest absolute Gasteiger partial charge is 0.331 e. The summed E-state index contributed by atoms with van der Waals surface area (Å²) in [5.74, 6) is 0.266. The van der Waals surface area contributed by atoms with Crippen LogP contribution in [0.25, 0.3) is 0 Å². The minimum atomic E-state index is -0.181. The van der Waals surface area contributed by atoms with E-state index in [-0.39, 0.29) is 17.9 Å². The van der Waals surface area contributed by atoms with Gasteiger partial charge in [-0.25, -0.2) is 4.79 Å². The Kier molecular flexibility index (Phi) is 5.88. The molecule has 1 atom stereocenters. The number of piperidine rings is 1. The second kappa shape index (κ2) is 8.12. The van der Waals surface area contributed by atoms with Crippen LogP contribution in [0.4, 0.5) is 9.93 Å². The van der Waals surface area contributed by atoms with Gasteiger partial charge in [0, 0.05) is 33.1 Å². The van der Waals surface area contributed by atoms with E-state index in [0.29, 0.717) is 24.1 Å². The van der Waals surface area contributed by atoms with Crippen molar-refractivity contribution in [3.05, 3.63) is 5.01 Å². The molecule has 2 fully saturated rings. The van der Waals surface area contributed by atoms with Crippen molar-refractivity contribution in [1.82, 2.24) is 20.0 Å². The van der Waals surface area contributed by atoms with Crippen LogP contribution in [0.1, 0.15) is 55.9 Å². The summed E-state index contributed by atoms with van der Waals surface area (Å²) in [5.41, 5.74) is 0. The van der Waals surface area contributed by atoms with Gasteiger partial charge in [-0.3, -0.25) is 4.79 Å². The highest BCUT2D eigenvalue weighted by atomic mass is 32.1. The number of hydrogen-bond acceptors (Lipinski definition) is 5. The van der Waals surface area contributed by atoms with Gasteiger partial charge in [-0.05, 0) is 25.7 Å². The Balaban J connectivity index is 1.56. The number of anilines is 1. The Bertz CT molecular complexity index is 612. The van der Waals surface area contributed by atoms with Gasteiger partial charge in [-0.15, -0.1) is 10.2 Å². The van der Waals surface area contributed by atoms with Crippen LogP contribution in [0.3, 0.4) is 0 Å². The van der Waals surface area contributed by atoms with E-state index in [9.17, 15) is 9.59 Å². The predicted octanol–water partition coefficient (Wildman–Crippen LogP) is 2.92. The molecule has 1 aromatic heterocycles. The van der Waals surface area contributed by atoms with Gasteiger partial charge in [0.1, 0.15) is 5.01 Å². The van der Waals surface area contributed by atoms with Gasteiger partial charge in [-0.1, -0.05) is 30.6 Å². The average Bonchev–Trinajstić information content (AvgIpc) is 3.10. The van der Waals surface area contributed by atoms with Crippen LogP contribution in [-0.4, -0.2) is 59.1 Å². The lowest BCUT2D eigenvalue weighted by molar-refractivity contribution is -0.121. The number of carbonyl (C=O) groups excluding carboxylic acids is 2. The first-order chi connectivity index (χ1) is 12.0. The van der Waals surface area contributed by atoms with E-state index in [1.165, 1.54) is 43.4 Å². The summed E-state index contributed by atoms with van der Waals surface area (Å²) < 4.78 is 0. The fourth-order valence-corrected chi connectivity index (χ4v) is 4.57. The fourth-order valence-electron chi connectivity index (χ4n) is 3.65. The SMILES string of the molecule is CN(C)C(=O)N1CCC[C@H](C(=O)Nc2nnc(C3CCCCC3)s2)C1. The lowest BCUT2D eigenvalue weighted by Crippen LogP contribution is -2.47. The van der Waals surface area contributed by atoms with E-state index in [2.05, 4.69) is 15.5 Å². The number of carbonyl (C=O) groups is 2. The average molecular weight is 366 g/mol. The van der Waals surface area contributed by atoms with E-state index in [1.54, 1.807) is 23.9 Å². The molecule has 1 aromatic rings. The molecule has 1 saturated carbocycles. The van der Waals surface area contributed by atoms with Gasteiger partial charge in [0.05, 0.1) is 5.92 Å². The molecule has 2 heterocycles. The standard InChI is InChI=1S/C17H27N5O2S/c1-21(2)17(24)22-10-6-9-13(11-22)14(23)18-16-20-19-15(25-16)12-7-4-3-5-8-12/h12-13H,3-11H2,1-2H3,(H,18,20,23)/t13-/m0/s1. The van der Waals surface area contributed by atoms with Crippen molar-refractivity contribution in [2.24, 2.45) is 5.92 Å². The molecule has 1 aliphatic carbocycles. The normalized spacial score (nSPS) is 21.8. The van der Waals surface area contributed by atoms with Crippen LogP contribution in [0.5, 0.6) is 0 Å². The molecule has 0 spiro atoms. The van der Waals surface area contributed by atoms with Crippen molar-refractivity contribution in [2.45, 2.75) is 50.9 Å². The zero-order valence-electron chi connectivity index (χ0n) is 15.0. The minimum Gasteiger partial charge on any atom is -0.331 e. The minimum absolute atomic E-state index is 0.0343. The summed E-state index contributed by atoms with van der Waals surface area (Å²) in [6, 6.07) is -0.0343. The number of urea groups is 1. The van der Waals surface area contributed by atoms with Crippen molar-refractivity contribution in [2.75, 3.05) is 32.5 Å². The highest BCUT2D eigenvalue weighted by Crippen LogP contribution is 2.35. The van der Waals surface area contributed by atoms with Gasteiger partial charge in [0.15, 0.2) is 0 Å². The van der Waals surface area contributed by atoms with Crippen LogP contribution in [0.2, 0.25) is 0 Å². The molecule has 3 amide bonds. The Hall–Kier alpha value is -1.70. The van der Waals surface area contributed by atoms with Crippen molar-refractivity contribution in [3.8, 4) is 0 Å². The Morgan fingerprint density at radius 1 is 1.12 bits per heavy atom. The van der Waals surface area contributed by atoms with Crippen LogP contribution in [0, 0.1) is 5.92 Å². The number of rotatable bonds is 3. The predicted molar refractivity (Wildman–Crippen MR) is 97.7 cm³/mol. The van der Waals surface area contributed by atoms with Crippen molar-refractivity contribution in [1.29, 1.82) is 0 Å². The third kappa shape index (κ3) is 4.48. The summed E-state index contributed by atoms with van der Waals surface area (Å²) in [6.45, 7) is 1.18. The summed E-state index contributed by atoms with van der Waals surface area (Å²) >= 11 is 1.50. The summed E-state index contributed by atoms with van der Waals surface area (Å²) in [4.78, 5) is 28.0. The first kappa shape index (κ1) is 18.1. The number of nitrogens with zero attached hydrogens (tertiary/aromatic N) is 4. The Labute approximate surface area is 152 Å². The lowest BCUT2D eigenvalue weighted by Gasteiger charge is -2.33. The summed E-state index contributed by atoms with van der Waals surface area (Å²) in [5, 5.41) is 13.0. The van der Waals surface area contributed by atoms with E-state index in [4.69, 9.17) is 0 Å². The summed E-state index contributed by atoms with van der Waals surface area (Å²) in [7, 11) is 3.47. The number of hydrogen-bond donors (Lipinski definition) is 1. The quantitative estimate of drug-likeness (QED) is 0.893. The molecule has 7 nitrogen and oxygen atoms in total. The molecule has 25 heavy (non-hydrogen) atoms. The summed E-state index contributed by atoms with van der Waals surface area (Å²) in [6.07, 6.45) is 7.81. The number of likely N-dealkylation sites (tertiary alicyclic amines) is 1. The molecule has 2 aliphatic rings. The monoisotopic (exact) mass is 365 g/mol. The third-order valence-electron chi connectivity index (χ3n) is 5.07. The van der Waals surface area contributed by atoms with Crippen molar-refractivity contribution in [3.63, 3.8) is 0 Å². The smallest absolute Gasteiger partial charge is 0.319 e. The zero-order chi connectivity index (χ0) is 17.8. The van der Waals surface area contributed by atoms with Crippen LogP contribution >= 0.6 is 11.3 Å². The van der Waals surface area contributed by atoms with Gasteiger partial charge < -0.3 is 15.1 Å². The Morgan fingerprint density at radius 3 is 2.60 bits per heavy atom. The maximum Gasteiger partial charge on any atom is 0.319 e. The van der Waals surface area contributed by atoms with Crippen LogP contribution in [-0.2, 0) is 4.79 Å². The first-order valence-electron chi connectivity index (χ1n) is 9.15. The Morgan fingerprint density at radius 2 is 1.88 bits per heavy atom. The molecule has 1 N–H and O–H groups in total. The topological polar surface area (TPSA) is 78.4 Å². The molecular formula is C17H27N5O2S. The molecule has 3 rings (SSSR count). The molecule has 8 heteroatoms. The molecule has 0 unspecified atom stereocenters. The van der Waals surface area contributed by atoms with Gasteiger partial charge >= 0.3 is 6.03 Å². The highest BCUT2D eigenvalue weighted by Gasteiger charge is 2.30. The number of nitrogens with one attached hydrogen (secondary N) is 1. The van der Waals surface area contributed by atoms with Crippen molar-refractivity contribution < 1.29 is 9.59 Å². The van der Waals surface area contributed by atoms with Gasteiger partial charge in [-0.2, -0.15) is 0 Å². The molecule has 138 valence electrons. The van der Waals surface area contributed by atoms with E-state index < -0.39 is 0 Å². The maximum absolute atomic E-state index is 12.6. The fraction of sp³-hybridized carbons (Fsp3) is 0.765. The molecule has 1 saturated heterocycles. The van der Waals surface area contributed by atoms with E-state index in [1.807, 2.05) is 0 Å². The highest BCUT2D eigenvalue weighted by molar-refractivity contribution is 7.15. The first-order valence-corrected chi connectivity index (χ1v) is 9.96. The van der Waals surface area contributed by atoms with Crippen LogP contribution in [0.15, 0.2) is 0 Å². The number of amides is 3. The molecular weight excluding hydrogens is 338 g/mol. The van der Waals surface area contributed by atoms with Gasteiger partial charge in [0.2, 0.25) is 11.0 Å². The lowest BCUT2D eigenvalue weighted by atomic mass is 9.90. The van der Waals surface area contributed by atoms with Crippen LogP contribution < -0.4 is 5.32 Å². The van der Waals surface area contributed by atoms with E-state index >= 15 is 0 Å². The maximum atomic E-state index is 12.6. The van der Waals surface area contributed by atoms with Crippen molar-refractivity contribution >= 4 is 28.4 Å². The number of aromatic nitrogens is 2. The molecule has 1 aliphatic heterocycles. The molecule has 0 radical (unpaired) electrons. The second-order valence-electron chi connectivity index (χ2n) is 7.23. The van der Waals surface area contributed by atoms with Gasteiger partial charge in [0.25, 0.3) is 0 Å². The second-order valence-corrected chi connectivity index (χ2v) is 8.24. The van der Waals surface area contributed by atoms with E-state index in [0.717, 1.165) is 17.8 Å².